The Labute approximate surface area is 217 Å². The second-order valence-electron chi connectivity index (χ2n) is 10.3. The highest BCUT2D eigenvalue weighted by atomic mass is 16.5. The Balaban J connectivity index is 1.95. The van der Waals surface area contributed by atoms with Gasteiger partial charge in [-0.2, -0.15) is 0 Å². The summed E-state index contributed by atoms with van der Waals surface area (Å²) >= 11 is 0. The standard InChI is InChI=1S/C28H48N2O6/c1-20(2)22(16-21-10-11-25(34-4)26(17-21)36-15-9-14-33-3)18-23(29)24(31)19-30-27(32)28(35-5)12-7-6-8-13-28/h10-11,17,20,22-24,31H,6-9,12-16,18-19,29H2,1-5H3,(H,30,32)/t22-,23-,24-/m0/s1. The smallest absolute Gasteiger partial charge is 0.252 e. The first-order chi connectivity index (χ1) is 17.3. The molecule has 0 heterocycles. The molecule has 1 aromatic rings. The van der Waals surface area contributed by atoms with Crippen molar-refractivity contribution in [3.05, 3.63) is 23.8 Å². The zero-order chi connectivity index (χ0) is 26.6. The number of nitrogens with one attached hydrogen (secondary N) is 1. The molecule has 3 atom stereocenters. The maximum atomic E-state index is 12.8. The van der Waals surface area contributed by atoms with Gasteiger partial charge in [-0.3, -0.25) is 4.79 Å². The van der Waals surface area contributed by atoms with Crippen LogP contribution in [0.4, 0.5) is 0 Å². The summed E-state index contributed by atoms with van der Waals surface area (Å²) in [6, 6.07) is 5.55. The number of amides is 1. The lowest BCUT2D eigenvalue weighted by molar-refractivity contribution is -0.148. The Morgan fingerprint density at radius 1 is 1.11 bits per heavy atom. The van der Waals surface area contributed by atoms with E-state index >= 15 is 0 Å². The van der Waals surface area contributed by atoms with E-state index in [1.54, 1.807) is 21.3 Å². The summed E-state index contributed by atoms with van der Waals surface area (Å²) < 4.78 is 22.1. The van der Waals surface area contributed by atoms with Crippen LogP contribution in [0.25, 0.3) is 0 Å². The van der Waals surface area contributed by atoms with Gasteiger partial charge in [0, 0.05) is 39.8 Å². The molecule has 0 aliphatic heterocycles. The van der Waals surface area contributed by atoms with Gasteiger partial charge >= 0.3 is 0 Å². The van der Waals surface area contributed by atoms with Crippen LogP contribution in [-0.4, -0.2) is 69.8 Å². The van der Waals surface area contributed by atoms with E-state index in [1.165, 1.54) is 0 Å². The molecular weight excluding hydrogens is 460 g/mol. The number of hydrogen-bond acceptors (Lipinski definition) is 7. The zero-order valence-corrected chi connectivity index (χ0v) is 22.9. The third-order valence-electron chi connectivity index (χ3n) is 7.43. The number of ether oxygens (including phenoxy) is 4. The number of benzene rings is 1. The largest absolute Gasteiger partial charge is 0.493 e. The molecule has 36 heavy (non-hydrogen) atoms. The van der Waals surface area contributed by atoms with E-state index in [9.17, 15) is 9.90 Å². The highest BCUT2D eigenvalue weighted by Gasteiger charge is 2.39. The minimum absolute atomic E-state index is 0.123. The van der Waals surface area contributed by atoms with Crippen LogP contribution in [-0.2, 0) is 20.7 Å². The number of aliphatic hydroxyl groups is 1. The maximum Gasteiger partial charge on any atom is 0.252 e. The summed E-state index contributed by atoms with van der Waals surface area (Å²) in [4.78, 5) is 12.8. The van der Waals surface area contributed by atoms with Crippen molar-refractivity contribution in [1.29, 1.82) is 0 Å². The molecule has 1 amide bonds. The van der Waals surface area contributed by atoms with Crippen LogP contribution in [0.2, 0.25) is 0 Å². The molecule has 0 radical (unpaired) electrons. The summed E-state index contributed by atoms with van der Waals surface area (Å²) in [5, 5.41) is 13.6. The van der Waals surface area contributed by atoms with Crippen molar-refractivity contribution in [2.45, 2.75) is 83.0 Å². The number of carbonyl (C=O) groups excluding carboxylic acids is 1. The summed E-state index contributed by atoms with van der Waals surface area (Å²) in [7, 11) is 4.90. The highest BCUT2D eigenvalue weighted by Crippen LogP contribution is 2.32. The Morgan fingerprint density at radius 2 is 1.83 bits per heavy atom. The van der Waals surface area contributed by atoms with E-state index in [2.05, 4.69) is 19.2 Å². The van der Waals surface area contributed by atoms with Gasteiger partial charge in [-0.15, -0.1) is 0 Å². The number of aliphatic hydroxyl groups excluding tert-OH is 1. The fraction of sp³-hybridized carbons (Fsp3) is 0.750. The molecule has 4 N–H and O–H groups in total. The van der Waals surface area contributed by atoms with Crippen molar-refractivity contribution < 1.29 is 28.8 Å². The van der Waals surface area contributed by atoms with Gasteiger partial charge < -0.3 is 35.1 Å². The number of methoxy groups -OCH3 is 3. The van der Waals surface area contributed by atoms with E-state index in [0.29, 0.717) is 44.1 Å². The first kappa shape index (κ1) is 30.4. The van der Waals surface area contributed by atoms with Gasteiger partial charge in [0.15, 0.2) is 11.5 Å². The molecule has 8 heteroatoms. The highest BCUT2D eigenvalue weighted by molar-refractivity contribution is 5.85. The summed E-state index contributed by atoms with van der Waals surface area (Å²) in [6.07, 6.45) is 5.92. The van der Waals surface area contributed by atoms with Crippen LogP contribution in [0.5, 0.6) is 11.5 Å². The Kier molecular flexibility index (Phi) is 13.0. The van der Waals surface area contributed by atoms with Gasteiger partial charge in [0.2, 0.25) is 0 Å². The maximum absolute atomic E-state index is 12.8. The second kappa shape index (κ2) is 15.4. The molecule has 0 saturated heterocycles. The van der Waals surface area contributed by atoms with E-state index < -0.39 is 17.7 Å². The van der Waals surface area contributed by atoms with Gasteiger partial charge in [0.05, 0.1) is 19.8 Å². The van der Waals surface area contributed by atoms with Crippen LogP contribution in [0, 0.1) is 11.8 Å². The normalized spacial score (nSPS) is 17.9. The average Bonchev–Trinajstić information content (AvgIpc) is 2.89. The predicted octanol–water partition coefficient (Wildman–Crippen LogP) is 3.47. The quantitative estimate of drug-likeness (QED) is 0.293. The number of hydrogen-bond donors (Lipinski definition) is 3. The van der Waals surface area contributed by atoms with E-state index in [-0.39, 0.29) is 18.4 Å². The van der Waals surface area contributed by atoms with Crippen molar-refractivity contribution in [1.82, 2.24) is 5.32 Å². The minimum Gasteiger partial charge on any atom is -0.493 e. The molecule has 0 bridgehead atoms. The second-order valence-corrected chi connectivity index (χ2v) is 10.3. The van der Waals surface area contributed by atoms with Crippen molar-refractivity contribution >= 4 is 5.91 Å². The Bertz CT molecular complexity index is 781. The molecule has 0 aromatic heterocycles. The molecule has 1 aliphatic rings. The average molecular weight is 509 g/mol. The minimum atomic E-state index is -0.830. The van der Waals surface area contributed by atoms with E-state index in [0.717, 1.165) is 43.4 Å². The summed E-state index contributed by atoms with van der Waals surface area (Å²) in [5.74, 6) is 1.89. The van der Waals surface area contributed by atoms with Crippen LogP contribution >= 0.6 is 0 Å². The summed E-state index contributed by atoms with van der Waals surface area (Å²) in [6.45, 7) is 5.65. The number of nitrogens with two attached hydrogens (primary N) is 1. The van der Waals surface area contributed by atoms with Crippen LogP contribution in [0.15, 0.2) is 18.2 Å². The predicted molar refractivity (Wildman–Crippen MR) is 141 cm³/mol. The van der Waals surface area contributed by atoms with Crippen molar-refractivity contribution in [3.8, 4) is 11.5 Å². The summed E-state index contributed by atoms with van der Waals surface area (Å²) in [5.41, 5.74) is 6.77. The third kappa shape index (κ3) is 8.91. The van der Waals surface area contributed by atoms with E-state index in [4.69, 9.17) is 24.7 Å². The molecule has 0 unspecified atom stereocenters. The third-order valence-corrected chi connectivity index (χ3v) is 7.43. The monoisotopic (exact) mass is 508 g/mol. The fourth-order valence-corrected chi connectivity index (χ4v) is 4.90. The lowest BCUT2D eigenvalue weighted by Gasteiger charge is -2.35. The molecule has 8 nitrogen and oxygen atoms in total. The van der Waals surface area contributed by atoms with Gasteiger partial charge in [-0.25, -0.2) is 0 Å². The Morgan fingerprint density at radius 3 is 2.44 bits per heavy atom. The zero-order valence-electron chi connectivity index (χ0n) is 22.9. The molecule has 0 spiro atoms. The number of rotatable bonds is 16. The SMILES string of the molecule is COCCCOc1cc(C[C@@H](C[C@H](N)[C@@H](O)CNC(=O)C2(OC)CCCCC2)C(C)C)ccc1OC. The first-order valence-corrected chi connectivity index (χ1v) is 13.3. The molecule has 2 rings (SSSR count). The van der Waals surface area contributed by atoms with Crippen molar-refractivity contribution in [3.63, 3.8) is 0 Å². The van der Waals surface area contributed by atoms with Gasteiger partial charge in [-0.05, 0) is 55.2 Å². The van der Waals surface area contributed by atoms with Gasteiger partial charge in [-0.1, -0.05) is 39.2 Å². The van der Waals surface area contributed by atoms with Crippen molar-refractivity contribution in [2.24, 2.45) is 17.6 Å². The van der Waals surface area contributed by atoms with Crippen LogP contribution in [0.3, 0.4) is 0 Å². The van der Waals surface area contributed by atoms with Gasteiger partial charge in [0.1, 0.15) is 5.60 Å². The molecule has 1 aliphatic carbocycles. The lowest BCUT2D eigenvalue weighted by Crippen LogP contribution is -2.53. The molecule has 1 saturated carbocycles. The van der Waals surface area contributed by atoms with Gasteiger partial charge in [0.25, 0.3) is 5.91 Å². The van der Waals surface area contributed by atoms with Crippen molar-refractivity contribution in [2.75, 3.05) is 41.1 Å². The number of carbonyl (C=O) groups is 1. The van der Waals surface area contributed by atoms with Crippen LogP contribution in [0.1, 0.15) is 64.4 Å². The first-order valence-electron chi connectivity index (χ1n) is 13.3. The Hall–Kier alpha value is -1.87. The molecule has 1 aromatic carbocycles. The lowest BCUT2D eigenvalue weighted by atomic mass is 9.82. The van der Waals surface area contributed by atoms with Crippen LogP contribution < -0.4 is 20.5 Å². The molecule has 206 valence electrons. The fourth-order valence-electron chi connectivity index (χ4n) is 4.90. The topological polar surface area (TPSA) is 112 Å². The molecule has 1 fully saturated rings. The van der Waals surface area contributed by atoms with E-state index in [1.807, 2.05) is 18.2 Å². The molecular formula is C28H48N2O6.